The first-order chi connectivity index (χ1) is 10.0. The van der Waals surface area contributed by atoms with Gasteiger partial charge >= 0.3 is 0 Å². The quantitative estimate of drug-likeness (QED) is 0.846. The fourth-order valence-electron chi connectivity index (χ4n) is 2.48. The Kier molecular flexibility index (Phi) is 5.45. The fourth-order valence-corrected chi connectivity index (χ4v) is 2.48. The summed E-state index contributed by atoms with van der Waals surface area (Å²) in [6.45, 7) is 4.83. The van der Waals surface area contributed by atoms with Gasteiger partial charge in [-0.05, 0) is 74.2 Å². The fraction of sp³-hybridized carbons (Fsp3) is 0.333. The molecule has 1 N–H and O–H groups in total. The Labute approximate surface area is 125 Å². The molecule has 0 aromatic heterocycles. The monoisotopic (exact) mass is 289 g/mol. The summed E-state index contributed by atoms with van der Waals surface area (Å²) >= 11 is 0. The van der Waals surface area contributed by atoms with Gasteiger partial charge in [0.05, 0.1) is 0 Å². The molecule has 1 atom stereocenters. The first-order valence-electron chi connectivity index (χ1n) is 7.27. The molecule has 1 nitrogen and oxygen atoms in total. The Morgan fingerprint density at radius 1 is 1.05 bits per heavy atom. The van der Waals surface area contributed by atoms with Crippen molar-refractivity contribution in [2.75, 3.05) is 6.54 Å². The molecule has 0 saturated carbocycles. The summed E-state index contributed by atoms with van der Waals surface area (Å²) in [4.78, 5) is 0. The summed E-state index contributed by atoms with van der Waals surface area (Å²) in [5.41, 5.74) is 3.13. The summed E-state index contributed by atoms with van der Waals surface area (Å²) in [5, 5.41) is 3.42. The highest BCUT2D eigenvalue weighted by atomic mass is 19.1. The molecule has 0 aliphatic carbocycles. The second-order valence-electron chi connectivity index (χ2n) is 5.51. The number of nitrogens with one attached hydrogen (secondary N) is 1. The molecule has 0 aliphatic rings. The predicted octanol–water partition coefficient (Wildman–Crippen LogP) is 4.04. The van der Waals surface area contributed by atoms with Gasteiger partial charge in [-0.3, -0.25) is 0 Å². The third-order valence-corrected chi connectivity index (χ3v) is 3.62. The zero-order valence-corrected chi connectivity index (χ0v) is 12.5. The molecule has 112 valence electrons. The lowest BCUT2D eigenvalue weighted by molar-refractivity contribution is 0.545. The van der Waals surface area contributed by atoms with Crippen LogP contribution >= 0.6 is 0 Å². The lowest BCUT2D eigenvalue weighted by Gasteiger charge is -2.14. The van der Waals surface area contributed by atoms with Crippen LogP contribution in [0.2, 0.25) is 0 Å². The summed E-state index contributed by atoms with van der Waals surface area (Å²) in [7, 11) is 0. The maximum atomic E-state index is 13.1. The molecule has 1 unspecified atom stereocenters. The van der Waals surface area contributed by atoms with E-state index in [0.717, 1.165) is 36.1 Å². The van der Waals surface area contributed by atoms with Crippen molar-refractivity contribution in [3.8, 4) is 0 Å². The van der Waals surface area contributed by atoms with Crippen LogP contribution in [0.3, 0.4) is 0 Å². The van der Waals surface area contributed by atoms with Gasteiger partial charge in [0.2, 0.25) is 0 Å². The van der Waals surface area contributed by atoms with Crippen LogP contribution in [0.4, 0.5) is 8.78 Å². The SMILES string of the molecule is Cc1cc(F)ccc1CCNC(C)Cc1cccc(F)c1. The number of halogens is 2. The van der Waals surface area contributed by atoms with Crippen LogP contribution in [0.15, 0.2) is 42.5 Å². The van der Waals surface area contributed by atoms with Crippen molar-refractivity contribution in [3.05, 3.63) is 70.8 Å². The average Bonchev–Trinajstić information content (AvgIpc) is 2.41. The van der Waals surface area contributed by atoms with Gasteiger partial charge < -0.3 is 5.32 Å². The standard InChI is InChI=1S/C18H21F2N/c1-13-10-18(20)7-6-16(13)8-9-21-14(2)11-15-4-3-5-17(19)12-15/h3-7,10,12,14,21H,8-9,11H2,1-2H3. The van der Waals surface area contributed by atoms with Gasteiger partial charge in [0, 0.05) is 6.04 Å². The van der Waals surface area contributed by atoms with E-state index in [1.807, 2.05) is 19.1 Å². The van der Waals surface area contributed by atoms with Crippen molar-refractivity contribution in [3.63, 3.8) is 0 Å². The van der Waals surface area contributed by atoms with E-state index >= 15 is 0 Å². The minimum Gasteiger partial charge on any atom is -0.314 e. The molecule has 0 heterocycles. The number of hydrogen-bond donors (Lipinski definition) is 1. The zero-order valence-electron chi connectivity index (χ0n) is 12.5. The van der Waals surface area contributed by atoms with E-state index in [4.69, 9.17) is 0 Å². The Hall–Kier alpha value is -1.74. The van der Waals surface area contributed by atoms with Crippen molar-refractivity contribution < 1.29 is 8.78 Å². The van der Waals surface area contributed by atoms with Gasteiger partial charge in [-0.1, -0.05) is 18.2 Å². The average molecular weight is 289 g/mol. The third kappa shape index (κ3) is 4.94. The molecule has 21 heavy (non-hydrogen) atoms. The van der Waals surface area contributed by atoms with E-state index in [-0.39, 0.29) is 17.7 Å². The molecule has 0 bridgehead atoms. The van der Waals surface area contributed by atoms with Gasteiger partial charge in [0.1, 0.15) is 11.6 Å². The molecule has 0 amide bonds. The minimum atomic E-state index is -0.193. The zero-order chi connectivity index (χ0) is 15.2. The van der Waals surface area contributed by atoms with Crippen LogP contribution in [-0.4, -0.2) is 12.6 Å². The Morgan fingerprint density at radius 2 is 1.81 bits per heavy atom. The van der Waals surface area contributed by atoms with E-state index in [1.165, 1.54) is 12.1 Å². The largest absolute Gasteiger partial charge is 0.314 e. The lowest BCUT2D eigenvalue weighted by atomic mass is 10.0. The van der Waals surface area contributed by atoms with E-state index in [0.29, 0.717) is 0 Å². The number of hydrogen-bond acceptors (Lipinski definition) is 1. The van der Waals surface area contributed by atoms with Crippen LogP contribution in [0.1, 0.15) is 23.6 Å². The maximum Gasteiger partial charge on any atom is 0.123 e. The second kappa shape index (κ2) is 7.32. The highest BCUT2D eigenvalue weighted by molar-refractivity contribution is 5.26. The van der Waals surface area contributed by atoms with Gasteiger partial charge in [-0.25, -0.2) is 8.78 Å². The molecule has 0 saturated heterocycles. The third-order valence-electron chi connectivity index (χ3n) is 3.62. The summed E-state index contributed by atoms with van der Waals surface area (Å²) in [6, 6.07) is 11.9. The number of aryl methyl sites for hydroxylation is 1. The molecule has 0 fully saturated rings. The highest BCUT2D eigenvalue weighted by Gasteiger charge is 2.05. The Bertz CT molecular complexity index is 596. The molecule has 0 radical (unpaired) electrons. The normalized spacial score (nSPS) is 12.4. The second-order valence-corrected chi connectivity index (χ2v) is 5.51. The van der Waals surface area contributed by atoms with Gasteiger partial charge in [-0.15, -0.1) is 0 Å². The molecule has 0 spiro atoms. The highest BCUT2D eigenvalue weighted by Crippen LogP contribution is 2.11. The first kappa shape index (κ1) is 15.6. The van der Waals surface area contributed by atoms with E-state index in [2.05, 4.69) is 12.2 Å². The van der Waals surface area contributed by atoms with Crippen LogP contribution in [-0.2, 0) is 12.8 Å². The van der Waals surface area contributed by atoms with Crippen LogP contribution in [0.5, 0.6) is 0 Å². The van der Waals surface area contributed by atoms with Crippen molar-refractivity contribution in [1.82, 2.24) is 5.32 Å². The summed E-state index contributed by atoms with van der Waals surface area (Å²) < 4.78 is 26.1. The maximum absolute atomic E-state index is 13.1. The van der Waals surface area contributed by atoms with Gasteiger partial charge in [-0.2, -0.15) is 0 Å². The van der Waals surface area contributed by atoms with E-state index < -0.39 is 0 Å². The van der Waals surface area contributed by atoms with E-state index in [9.17, 15) is 8.78 Å². The van der Waals surface area contributed by atoms with E-state index in [1.54, 1.807) is 18.2 Å². The lowest BCUT2D eigenvalue weighted by Crippen LogP contribution is -2.30. The van der Waals surface area contributed by atoms with Crippen LogP contribution in [0.25, 0.3) is 0 Å². The van der Waals surface area contributed by atoms with Crippen molar-refractivity contribution in [2.45, 2.75) is 32.7 Å². The topological polar surface area (TPSA) is 12.0 Å². The first-order valence-corrected chi connectivity index (χ1v) is 7.27. The molecular weight excluding hydrogens is 268 g/mol. The predicted molar refractivity (Wildman–Crippen MR) is 82.4 cm³/mol. The summed E-state index contributed by atoms with van der Waals surface area (Å²) in [5.74, 6) is -0.384. The molecule has 0 aliphatic heterocycles. The molecular formula is C18H21F2N. The number of benzene rings is 2. The molecule has 2 rings (SSSR count). The number of rotatable bonds is 6. The van der Waals surface area contributed by atoms with Crippen molar-refractivity contribution in [1.29, 1.82) is 0 Å². The van der Waals surface area contributed by atoms with Gasteiger partial charge in [0.15, 0.2) is 0 Å². The Morgan fingerprint density at radius 3 is 2.52 bits per heavy atom. The molecule has 3 heteroatoms. The smallest absolute Gasteiger partial charge is 0.123 e. The minimum absolute atomic E-state index is 0.191. The van der Waals surface area contributed by atoms with Crippen LogP contribution in [0, 0.1) is 18.6 Å². The van der Waals surface area contributed by atoms with Crippen molar-refractivity contribution >= 4 is 0 Å². The van der Waals surface area contributed by atoms with Crippen LogP contribution < -0.4 is 5.32 Å². The molecule has 2 aromatic rings. The Balaban J connectivity index is 1.80. The van der Waals surface area contributed by atoms with Crippen molar-refractivity contribution in [2.24, 2.45) is 0 Å². The van der Waals surface area contributed by atoms with Gasteiger partial charge in [0.25, 0.3) is 0 Å². The summed E-state index contributed by atoms with van der Waals surface area (Å²) in [6.07, 6.45) is 1.65. The molecule has 2 aromatic carbocycles.